The van der Waals surface area contributed by atoms with Crippen LogP contribution in [0.25, 0.3) is 0 Å². The molecule has 0 aromatic heterocycles. The normalized spacial score (nSPS) is 30.2. The van der Waals surface area contributed by atoms with Crippen LogP contribution in [-0.4, -0.2) is 0 Å². The molecule has 0 saturated heterocycles. The van der Waals surface area contributed by atoms with Crippen molar-refractivity contribution in [3.63, 3.8) is 0 Å². The first-order chi connectivity index (χ1) is 7.43. The highest BCUT2D eigenvalue weighted by Gasteiger charge is 2.49. The van der Waals surface area contributed by atoms with Crippen LogP contribution in [0.2, 0.25) is 0 Å². The van der Waals surface area contributed by atoms with Gasteiger partial charge < -0.3 is 0 Å². The standard InChI is InChI=1S/C15H27/c1-2-3-4-5-6-7-10-13-14-11-8-9-12-15(13)14/h14-15H,2-12H2,1H3/t14-,15+. The van der Waals surface area contributed by atoms with Crippen molar-refractivity contribution >= 4 is 0 Å². The molecule has 2 atom stereocenters. The van der Waals surface area contributed by atoms with Crippen LogP contribution in [0.15, 0.2) is 0 Å². The monoisotopic (exact) mass is 207 g/mol. The van der Waals surface area contributed by atoms with Gasteiger partial charge >= 0.3 is 0 Å². The summed E-state index contributed by atoms with van der Waals surface area (Å²) >= 11 is 0. The van der Waals surface area contributed by atoms with Crippen molar-refractivity contribution in [2.24, 2.45) is 11.8 Å². The molecule has 2 aliphatic rings. The molecule has 0 spiro atoms. The first kappa shape index (κ1) is 11.5. The van der Waals surface area contributed by atoms with E-state index in [-0.39, 0.29) is 0 Å². The molecular weight excluding hydrogens is 180 g/mol. The lowest BCUT2D eigenvalue weighted by molar-refractivity contribution is 0.480. The molecule has 0 nitrogen and oxygen atoms in total. The van der Waals surface area contributed by atoms with E-state index >= 15 is 0 Å². The predicted octanol–water partition coefficient (Wildman–Crippen LogP) is 5.13. The van der Waals surface area contributed by atoms with Gasteiger partial charge in [0.1, 0.15) is 0 Å². The Hall–Kier alpha value is 0. The van der Waals surface area contributed by atoms with E-state index in [9.17, 15) is 0 Å². The quantitative estimate of drug-likeness (QED) is 0.508. The summed E-state index contributed by atoms with van der Waals surface area (Å²) in [6.45, 7) is 2.30. The molecule has 2 aliphatic carbocycles. The minimum atomic E-state index is 1.11. The van der Waals surface area contributed by atoms with Gasteiger partial charge in [0.2, 0.25) is 0 Å². The summed E-state index contributed by atoms with van der Waals surface area (Å²) in [6.07, 6.45) is 16.4. The Kier molecular flexibility index (Phi) is 4.53. The second-order valence-corrected chi connectivity index (χ2v) is 5.59. The first-order valence-corrected chi connectivity index (χ1v) is 7.29. The van der Waals surface area contributed by atoms with Gasteiger partial charge in [-0.15, -0.1) is 0 Å². The van der Waals surface area contributed by atoms with Gasteiger partial charge in [-0.05, 0) is 37.0 Å². The second kappa shape index (κ2) is 5.92. The van der Waals surface area contributed by atoms with Gasteiger partial charge in [0.05, 0.1) is 0 Å². The van der Waals surface area contributed by atoms with Crippen molar-refractivity contribution in [1.82, 2.24) is 0 Å². The number of unbranched alkanes of at least 4 members (excludes halogenated alkanes) is 5. The summed E-state index contributed by atoms with van der Waals surface area (Å²) in [5.41, 5.74) is 0. The van der Waals surface area contributed by atoms with Gasteiger partial charge in [-0.2, -0.15) is 0 Å². The molecule has 0 aliphatic heterocycles. The Morgan fingerprint density at radius 3 is 2.13 bits per heavy atom. The molecule has 87 valence electrons. The third-order valence-electron chi connectivity index (χ3n) is 4.43. The number of fused-ring (bicyclic) bond motifs is 1. The summed E-state index contributed by atoms with van der Waals surface area (Å²) in [7, 11) is 0. The molecule has 0 heteroatoms. The zero-order valence-electron chi connectivity index (χ0n) is 10.4. The maximum Gasteiger partial charge on any atom is -0.0173 e. The zero-order chi connectivity index (χ0) is 10.5. The molecule has 0 bridgehead atoms. The van der Waals surface area contributed by atoms with Gasteiger partial charge in [-0.3, -0.25) is 0 Å². The van der Waals surface area contributed by atoms with Crippen molar-refractivity contribution in [3.05, 3.63) is 5.92 Å². The smallest absolute Gasteiger partial charge is 0.0173 e. The Morgan fingerprint density at radius 1 is 0.867 bits per heavy atom. The van der Waals surface area contributed by atoms with Crippen LogP contribution in [0.3, 0.4) is 0 Å². The first-order valence-electron chi connectivity index (χ1n) is 7.29. The molecule has 15 heavy (non-hydrogen) atoms. The predicted molar refractivity (Wildman–Crippen MR) is 66.7 cm³/mol. The number of hydrogen-bond acceptors (Lipinski definition) is 0. The molecule has 1 radical (unpaired) electrons. The van der Waals surface area contributed by atoms with Gasteiger partial charge in [-0.25, -0.2) is 0 Å². The van der Waals surface area contributed by atoms with Crippen LogP contribution < -0.4 is 0 Å². The largest absolute Gasteiger partial charge is 0.0654 e. The highest BCUT2D eigenvalue weighted by molar-refractivity contribution is 5.22. The van der Waals surface area contributed by atoms with Crippen molar-refractivity contribution in [2.45, 2.75) is 77.6 Å². The molecule has 0 aromatic rings. The molecule has 0 heterocycles. The molecule has 0 aromatic carbocycles. The van der Waals surface area contributed by atoms with E-state index in [2.05, 4.69) is 6.92 Å². The van der Waals surface area contributed by atoms with E-state index in [1.54, 1.807) is 0 Å². The van der Waals surface area contributed by atoms with Crippen LogP contribution in [0.1, 0.15) is 77.6 Å². The molecule has 2 rings (SSSR count). The Labute approximate surface area is 95.8 Å². The van der Waals surface area contributed by atoms with Crippen LogP contribution in [0.5, 0.6) is 0 Å². The molecule has 0 amide bonds. The molecular formula is C15H27. The Morgan fingerprint density at radius 2 is 1.47 bits per heavy atom. The van der Waals surface area contributed by atoms with Gasteiger partial charge in [0, 0.05) is 0 Å². The van der Waals surface area contributed by atoms with E-state index < -0.39 is 0 Å². The molecule has 0 unspecified atom stereocenters. The number of hydrogen-bond donors (Lipinski definition) is 0. The van der Waals surface area contributed by atoms with Gasteiger partial charge in [0.15, 0.2) is 0 Å². The average Bonchev–Trinajstić information content (AvgIpc) is 2.97. The lowest BCUT2D eigenvalue weighted by Gasteiger charge is -2.04. The third-order valence-corrected chi connectivity index (χ3v) is 4.43. The van der Waals surface area contributed by atoms with Crippen molar-refractivity contribution < 1.29 is 0 Å². The highest BCUT2D eigenvalue weighted by Crippen LogP contribution is 2.59. The van der Waals surface area contributed by atoms with Gasteiger partial charge in [-0.1, -0.05) is 58.3 Å². The topological polar surface area (TPSA) is 0 Å². The maximum atomic E-state index is 2.30. The van der Waals surface area contributed by atoms with Crippen LogP contribution >= 0.6 is 0 Å². The second-order valence-electron chi connectivity index (χ2n) is 5.59. The fraction of sp³-hybridized carbons (Fsp3) is 0.933. The maximum absolute atomic E-state index is 2.30. The Balaban J connectivity index is 1.45. The third kappa shape index (κ3) is 3.23. The summed E-state index contributed by atoms with van der Waals surface area (Å²) in [5, 5.41) is 0. The van der Waals surface area contributed by atoms with E-state index in [1.807, 2.05) is 5.92 Å². The van der Waals surface area contributed by atoms with Crippen LogP contribution in [0, 0.1) is 17.8 Å². The molecule has 2 saturated carbocycles. The molecule has 0 N–H and O–H groups in total. The average molecular weight is 207 g/mol. The van der Waals surface area contributed by atoms with Crippen LogP contribution in [-0.2, 0) is 0 Å². The van der Waals surface area contributed by atoms with E-state index in [1.165, 1.54) is 70.6 Å². The zero-order valence-corrected chi connectivity index (χ0v) is 10.4. The highest BCUT2D eigenvalue weighted by atomic mass is 14.5. The van der Waals surface area contributed by atoms with E-state index in [0.29, 0.717) is 0 Å². The minimum Gasteiger partial charge on any atom is -0.0654 e. The lowest BCUT2D eigenvalue weighted by atomic mass is 10.0. The van der Waals surface area contributed by atoms with E-state index in [0.717, 1.165) is 11.8 Å². The van der Waals surface area contributed by atoms with Crippen LogP contribution in [0.4, 0.5) is 0 Å². The Bertz CT molecular complexity index is 161. The summed E-state index contributed by atoms with van der Waals surface area (Å²) in [4.78, 5) is 0. The lowest BCUT2D eigenvalue weighted by Crippen LogP contribution is -1.91. The van der Waals surface area contributed by atoms with Crippen molar-refractivity contribution in [1.29, 1.82) is 0 Å². The van der Waals surface area contributed by atoms with Crippen molar-refractivity contribution in [2.75, 3.05) is 0 Å². The summed E-state index contributed by atoms with van der Waals surface area (Å²) < 4.78 is 0. The van der Waals surface area contributed by atoms with Crippen molar-refractivity contribution in [3.8, 4) is 0 Å². The SMILES string of the molecule is CCCCCCCC[C]1[C@H]2CCCC[C@@H]12. The number of rotatable bonds is 7. The summed E-state index contributed by atoms with van der Waals surface area (Å²) in [5.74, 6) is 4.19. The van der Waals surface area contributed by atoms with Gasteiger partial charge in [0.25, 0.3) is 0 Å². The van der Waals surface area contributed by atoms with E-state index in [4.69, 9.17) is 0 Å². The minimum absolute atomic E-state index is 1.11. The molecule has 2 fully saturated rings. The summed E-state index contributed by atoms with van der Waals surface area (Å²) in [6, 6.07) is 0. The fourth-order valence-corrected chi connectivity index (χ4v) is 3.43. The fourth-order valence-electron chi connectivity index (χ4n) is 3.43.